The van der Waals surface area contributed by atoms with E-state index in [9.17, 15) is 9.59 Å². The van der Waals surface area contributed by atoms with Gasteiger partial charge in [0, 0.05) is 31.3 Å². The van der Waals surface area contributed by atoms with E-state index in [-0.39, 0.29) is 18.4 Å². The van der Waals surface area contributed by atoms with Crippen molar-refractivity contribution in [3.05, 3.63) is 35.9 Å². The summed E-state index contributed by atoms with van der Waals surface area (Å²) in [4.78, 5) is 24.7. The number of unbranched alkanes of at least 4 members (excludes halogenated alkanes) is 1. The lowest BCUT2D eigenvalue weighted by molar-refractivity contribution is -0.137. The van der Waals surface area contributed by atoms with Crippen molar-refractivity contribution in [3.63, 3.8) is 0 Å². The van der Waals surface area contributed by atoms with Gasteiger partial charge in [-0.15, -0.1) is 0 Å². The maximum Gasteiger partial charge on any atom is 0.303 e. The number of carboxylic acids is 1. The van der Waals surface area contributed by atoms with Crippen molar-refractivity contribution in [2.45, 2.75) is 51.0 Å². The van der Waals surface area contributed by atoms with E-state index in [4.69, 9.17) is 5.11 Å². The third-order valence-electron chi connectivity index (χ3n) is 4.20. The molecule has 1 N–H and O–H groups in total. The molecule has 114 valence electrons. The minimum absolute atomic E-state index is 0.148. The Morgan fingerprint density at radius 2 is 1.86 bits per heavy atom. The molecule has 21 heavy (non-hydrogen) atoms. The minimum atomic E-state index is -0.791. The summed E-state index contributed by atoms with van der Waals surface area (Å²) in [7, 11) is 0. The molecule has 1 aliphatic rings. The van der Waals surface area contributed by atoms with Gasteiger partial charge < -0.3 is 10.0 Å². The fourth-order valence-corrected chi connectivity index (χ4v) is 3.04. The van der Waals surface area contributed by atoms with E-state index in [1.165, 1.54) is 5.56 Å². The molecule has 0 radical (unpaired) electrons. The lowest BCUT2D eigenvalue weighted by Gasteiger charge is -2.21. The van der Waals surface area contributed by atoms with Crippen LogP contribution >= 0.6 is 0 Å². The van der Waals surface area contributed by atoms with Gasteiger partial charge in [0.05, 0.1) is 0 Å². The fraction of sp³-hybridized carbons (Fsp3) is 0.529. The van der Waals surface area contributed by atoms with E-state index in [0.717, 1.165) is 13.0 Å². The molecule has 1 saturated heterocycles. The van der Waals surface area contributed by atoms with E-state index >= 15 is 0 Å². The Kier molecular flexibility index (Phi) is 5.37. The normalized spacial score (nSPS) is 21.5. The highest BCUT2D eigenvalue weighted by Gasteiger charge is 2.32. The van der Waals surface area contributed by atoms with E-state index in [0.29, 0.717) is 25.2 Å². The molecule has 0 aromatic heterocycles. The van der Waals surface area contributed by atoms with E-state index in [1.54, 1.807) is 0 Å². The Morgan fingerprint density at radius 1 is 1.19 bits per heavy atom. The van der Waals surface area contributed by atoms with Crippen LogP contribution in [0.25, 0.3) is 0 Å². The van der Waals surface area contributed by atoms with Gasteiger partial charge in [-0.2, -0.15) is 0 Å². The number of aliphatic carboxylic acids is 1. The molecule has 0 bridgehead atoms. The number of nitrogens with zero attached hydrogens (tertiary/aromatic N) is 1. The van der Waals surface area contributed by atoms with Crippen LogP contribution in [0.15, 0.2) is 30.3 Å². The van der Waals surface area contributed by atoms with E-state index in [1.807, 2.05) is 23.1 Å². The van der Waals surface area contributed by atoms with Crippen LogP contribution in [0.1, 0.15) is 50.5 Å². The number of hydrogen-bond acceptors (Lipinski definition) is 2. The second-order valence-corrected chi connectivity index (χ2v) is 5.84. The number of carbonyl (C=O) groups is 2. The molecule has 2 rings (SSSR count). The molecule has 0 spiro atoms. The van der Waals surface area contributed by atoms with Crippen LogP contribution in [0.4, 0.5) is 0 Å². The third kappa shape index (κ3) is 4.31. The first-order chi connectivity index (χ1) is 10.1. The minimum Gasteiger partial charge on any atom is -0.481 e. The lowest BCUT2D eigenvalue weighted by atomic mass is 9.97. The molecule has 1 fully saturated rings. The Labute approximate surface area is 125 Å². The first-order valence-corrected chi connectivity index (χ1v) is 7.64. The van der Waals surface area contributed by atoms with Gasteiger partial charge in [0.15, 0.2) is 0 Å². The first-order valence-electron chi connectivity index (χ1n) is 7.64. The average molecular weight is 289 g/mol. The van der Waals surface area contributed by atoms with Gasteiger partial charge in [0.2, 0.25) is 5.91 Å². The number of likely N-dealkylation sites (tertiary alicyclic amines) is 1. The smallest absolute Gasteiger partial charge is 0.303 e. The summed E-state index contributed by atoms with van der Waals surface area (Å²) in [6.45, 7) is 2.88. The highest BCUT2D eigenvalue weighted by Crippen LogP contribution is 2.31. The number of amides is 1. The SMILES string of the molecule is CC1CC(c2ccccc2)CN1C(=O)CCCCC(=O)O. The summed E-state index contributed by atoms with van der Waals surface area (Å²) in [6.07, 6.45) is 2.84. The monoisotopic (exact) mass is 289 g/mol. The average Bonchev–Trinajstić information content (AvgIpc) is 2.86. The van der Waals surface area contributed by atoms with Crippen molar-refractivity contribution in [2.24, 2.45) is 0 Å². The molecular formula is C17H23NO3. The van der Waals surface area contributed by atoms with Crippen LogP contribution in [0.2, 0.25) is 0 Å². The highest BCUT2D eigenvalue weighted by molar-refractivity contribution is 5.77. The van der Waals surface area contributed by atoms with Crippen molar-refractivity contribution < 1.29 is 14.7 Å². The van der Waals surface area contributed by atoms with Gasteiger partial charge in [-0.05, 0) is 31.7 Å². The van der Waals surface area contributed by atoms with Crippen molar-refractivity contribution in [1.82, 2.24) is 4.90 Å². The Morgan fingerprint density at radius 3 is 2.52 bits per heavy atom. The third-order valence-corrected chi connectivity index (χ3v) is 4.20. The number of carboxylic acid groups (broad SMARTS) is 1. The van der Waals surface area contributed by atoms with Crippen LogP contribution in [0.3, 0.4) is 0 Å². The van der Waals surface area contributed by atoms with Crippen LogP contribution in [-0.2, 0) is 9.59 Å². The highest BCUT2D eigenvalue weighted by atomic mass is 16.4. The molecule has 1 heterocycles. The molecule has 0 aliphatic carbocycles. The van der Waals surface area contributed by atoms with Crippen LogP contribution in [0, 0.1) is 0 Å². The molecule has 4 nitrogen and oxygen atoms in total. The summed E-state index contributed by atoms with van der Waals surface area (Å²) in [5.74, 6) is -0.211. The van der Waals surface area contributed by atoms with E-state index < -0.39 is 5.97 Å². The molecule has 2 unspecified atom stereocenters. The van der Waals surface area contributed by atoms with Crippen molar-refractivity contribution >= 4 is 11.9 Å². The number of hydrogen-bond donors (Lipinski definition) is 1. The largest absolute Gasteiger partial charge is 0.481 e. The van der Waals surface area contributed by atoms with Crippen LogP contribution < -0.4 is 0 Å². The lowest BCUT2D eigenvalue weighted by Crippen LogP contribution is -2.33. The number of rotatable bonds is 6. The predicted octanol–water partition coefficient (Wildman–Crippen LogP) is 3.04. The van der Waals surface area contributed by atoms with E-state index in [2.05, 4.69) is 19.1 Å². The Balaban J connectivity index is 1.83. The van der Waals surface area contributed by atoms with Gasteiger partial charge in [-0.1, -0.05) is 30.3 Å². The molecule has 4 heteroatoms. The van der Waals surface area contributed by atoms with Crippen molar-refractivity contribution in [2.75, 3.05) is 6.54 Å². The molecular weight excluding hydrogens is 266 g/mol. The molecule has 1 aliphatic heterocycles. The standard InChI is InChI=1S/C17H23NO3/c1-13-11-15(14-7-3-2-4-8-14)12-18(13)16(19)9-5-6-10-17(20)21/h2-4,7-8,13,15H,5-6,9-12H2,1H3,(H,20,21). The molecule has 1 aromatic carbocycles. The molecule has 1 amide bonds. The Hall–Kier alpha value is -1.84. The molecule has 1 aromatic rings. The zero-order valence-corrected chi connectivity index (χ0v) is 12.5. The van der Waals surface area contributed by atoms with Crippen molar-refractivity contribution in [3.8, 4) is 0 Å². The quantitative estimate of drug-likeness (QED) is 0.819. The van der Waals surface area contributed by atoms with Gasteiger partial charge in [0.1, 0.15) is 0 Å². The second-order valence-electron chi connectivity index (χ2n) is 5.84. The summed E-state index contributed by atoms with van der Waals surface area (Å²) >= 11 is 0. The second kappa shape index (κ2) is 7.25. The summed E-state index contributed by atoms with van der Waals surface area (Å²) in [5.41, 5.74) is 1.30. The maximum atomic E-state index is 12.3. The molecule has 2 atom stereocenters. The number of benzene rings is 1. The topological polar surface area (TPSA) is 57.6 Å². The molecule has 0 saturated carbocycles. The van der Waals surface area contributed by atoms with Crippen molar-refractivity contribution in [1.29, 1.82) is 0 Å². The Bertz CT molecular complexity index is 486. The predicted molar refractivity (Wildman–Crippen MR) is 81.1 cm³/mol. The maximum absolute atomic E-state index is 12.3. The van der Waals surface area contributed by atoms with Gasteiger partial charge in [-0.3, -0.25) is 9.59 Å². The van der Waals surface area contributed by atoms with Gasteiger partial charge in [0.25, 0.3) is 0 Å². The fourth-order valence-electron chi connectivity index (χ4n) is 3.04. The van der Waals surface area contributed by atoms with Crippen LogP contribution in [0.5, 0.6) is 0 Å². The summed E-state index contributed by atoms with van der Waals surface area (Å²) in [5, 5.41) is 8.60. The van der Waals surface area contributed by atoms with Gasteiger partial charge in [-0.25, -0.2) is 0 Å². The van der Waals surface area contributed by atoms with Crippen LogP contribution in [-0.4, -0.2) is 34.5 Å². The van der Waals surface area contributed by atoms with Gasteiger partial charge >= 0.3 is 5.97 Å². The summed E-state index contributed by atoms with van der Waals surface area (Å²) < 4.78 is 0. The number of carbonyl (C=O) groups excluding carboxylic acids is 1. The first kappa shape index (κ1) is 15.5. The summed E-state index contributed by atoms with van der Waals surface area (Å²) in [6, 6.07) is 10.6. The zero-order chi connectivity index (χ0) is 15.2. The zero-order valence-electron chi connectivity index (χ0n) is 12.5.